The molecule has 0 N–H and O–H groups in total. The van der Waals surface area contributed by atoms with Gasteiger partial charge in [0.2, 0.25) is 0 Å². The van der Waals surface area contributed by atoms with Crippen LogP contribution in [0.4, 0.5) is 0 Å². The van der Waals surface area contributed by atoms with E-state index in [1.807, 2.05) is 22.7 Å². The van der Waals surface area contributed by atoms with Crippen molar-refractivity contribution in [3.63, 3.8) is 0 Å². The third-order valence-corrected chi connectivity index (χ3v) is 12.5. The van der Waals surface area contributed by atoms with Gasteiger partial charge < -0.3 is 0 Å². The summed E-state index contributed by atoms with van der Waals surface area (Å²) >= 11 is 3.79. The highest BCUT2D eigenvalue weighted by atomic mass is 32.1. The normalized spacial score (nSPS) is 12.2. The van der Waals surface area contributed by atoms with Crippen molar-refractivity contribution in [2.45, 2.75) is 0 Å². The molecule has 11 rings (SSSR count). The Labute approximate surface area is 284 Å². The zero-order chi connectivity index (χ0) is 31.3. The molecule has 2 aromatic heterocycles. The Hall–Kier alpha value is -5.54. The molecule has 0 unspecified atom stereocenters. The van der Waals surface area contributed by atoms with E-state index in [9.17, 15) is 0 Å². The van der Waals surface area contributed by atoms with Crippen LogP contribution in [0, 0.1) is 0 Å². The zero-order valence-electron chi connectivity index (χ0n) is 25.8. The molecule has 9 aromatic carbocycles. The second-order valence-electron chi connectivity index (χ2n) is 12.8. The van der Waals surface area contributed by atoms with Gasteiger partial charge in [-0.1, -0.05) is 121 Å². The summed E-state index contributed by atoms with van der Waals surface area (Å²) < 4.78 is 5.38. The molecule has 2 heterocycles. The van der Waals surface area contributed by atoms with Gasteiger partial charge in [-0.3, -0.25) is 0 Å². The molecule has 2 heteroatoms. The molecule has 0 aliphatic carbocycles. The monoisotopic (exact) mass is 642 g/mol. The van der Waals surface area contributed by atoms with Crippen molar-refractivity contribution < 1.29 is 0 Å². The van der Waals surface area contributed by atoms with Crippen molar-refractivity contribution in [3.05, 3.63) is 158 Å². The van der Waals surface area contributed by atoms with Gasteiger partial charge >= 0.3 is 0 Å². The molecule has 222 valence electrons. The molecular formula is C46H26S2. The highest BCUT2D eigenvalue weighted by molar-refractivity contribution is 7.26. The summed E-state index contributed by atoms with van der Waals surface area (Å²) in [6, 6.07) is 58.9. The second kappa shape index (κ2) is 9.98. The van der Waals surface area contributed by atoms with Crippen molar-refractivity contribution in [3.8, 4) is 22.3 Å². The van der Waals surface area contributed by atoms with Gasteiger partial charge in [-0.2, -0.15) is 0 Å². The van der Waals surface area contributed by atoms with Gasteiger partial charge in [-0.25, -0.2) is 0 Å². The fraction of sp³-hybridized carbons (Fsp3) is 0. The molecule has 0 atom stereocenters. The number of fused-ring (bicyclic) bond motifs is 11. The molecule has 0 saturated carbocycles. The second-order valence-corrected chi connectivity index (χ2v) is 15.0. The minimum Gasteiger partial charge on any atom is -0.135 e. The standard InChI is InChI=1S/C46H26S2/c1-2-12-30-27(10-1)11-9-18-31(30)45-34-15-5-3-13-32(34)44(33-14-4-6-16-35(33)45)29-21-22-41-38(24-29)39-26-37-28(25-43(39)48-41)20-23-42-46(37)36-17-7-8-19-40(36)47-42/h1-26H. The molecule has 0 saturated heterocycles. The van der Waals surface area contributed by atoms with Crippen LogP contribution in [0.1, 0.15) is 0 Å². The average molecular weight is 643 g/mol. The lowest BCUT2D eigenvalue weighted by molar-refractivity contribution is 1.69. The molecule has 0 spiro atoms. The van der Waals surface area contributed by atoms with E-state index in [4.69, 9.17) is 0 Å². The van der Waals surface area contributed by atoms with E-state index < -0.39 is 0 Å². The number of benzene rings is 9. The van der Waals surface area contributed by atoms with Gasteiger partial charge in [0.25, 0.3) is 0 Å². The maximum Gasteiger partial charge on any atom is 0.0361 e. The lowest BCUT2D eigenvalue weighted by atomic mass is 9.84. The number of thiophene rings is 2. The molecular weight excluding hydrogens is 617 g/mol. The Morgan fingerprint density at radius 1 is 0.292 bits per heavy atom. The van der Waals surface area contributed by atoms with Crippen LogP contribution in [-0.2, 0) is 0 Å². The predicted molar refractivity (Wildman–Crippen MR) is 213 cm³/mol. The maximum atomic E-state index is 2.47. The maximum absolute atomic E-state index is 2.47. The first-order valence-corrected chi connectivity index (χ1v) is 18.1. The minimum absolute atomic E-state index is 1.26. The SMILES string of the molecule is c1ccc2c(-c3c4ccccc4c(-c4ccc5sc6cc7ccc8sc9ccccc9c8c7cc6c5c4)c4ccccc34)cccc2c1. The number of hydrogen-bond donors (Lipinski definition) is 0. The largest absolute Gasteiger partial charge is 0.135 e. The van der Waals surface area contributed by atoms with E-state index >= 15 is 0 Å². The predicted octanol–water partition coefficient (Wildman–Crippen LogP) is 14.4. The van der Waals surface area contributed by atoms with Crippen LogP contribution >= 0.6 is 22.7 Å². The fourth-order valence-electron chi connectivity index (χ4n) is 8.15. The van der Waals surface area contributed by atoms with Crippen LogP contribution in [0.25, 0.3) is 106 Å². The summed E-state index contributed by atoms with van der Waals surface area (Å²) in [6.07, 6.45) is 0. The zero-order valence-corrected chi connectivity index (χ0v) is 27.5. The van der Waals surface area contributed by atoms with Crippen molar-refractivity contribution in [2.24, 2.45) is 0 Å². The van der Waals surface area contributed by atoms with Gasteiger partial charge in [-0.05, 0) is 102 Å². The summed E-state index contributed by atoms with van der Waals surface area (Å²) in [5.74, 6) is 0. The van der Waals surface area contributed by atoms with Gasteiger partial charge in [-0.15, -0.1) is 22.7 Å². The molecule has 0 bridgehead atoms. The molecule has 0 fully saturated rings. The third kappa shape index (κ3) is 3.70. The van der Waals surface area contributed by atoms with Gasteiger partial charge in [0.15, 0.2) is 0 Å². The fourth-order valence-corrected chi connectivity index (χ4v) is 10.4. The van der Waals surface area contributed by atoms with Crippen LogP contribution in [0.15, 0.2) is 158 Å². The molecule has 0 radical (unpaired) electrons. The Kier molecular flexibility index (Phi) is 5.51. The highest BCUT2D eigenvalue weighted by Gasteiger charge is 2.19. The van der Waals surface area contributed by atoms with Crippen molar-refractivity contribution >= 4 is 106 Å². The van der Waals surface area contributed by atoms with Crippen molar-refractivity contribution in [1.82, 2.24) is 0 Å². The third-order valence-electron chi connectivity index (χ3n) is 10.2. The van der Waals surface area contributed by atoms with E-state index in [0.29, 0.717) is 0 Å². The summed E-state index contributed by atoms with van der Waals surface area (Å²) in [5.41, 5.74) is 5.16. The first-order valence-electron chi connectivity index (χ1n) is 16.4. The van der Waals surface area contributed by atoms with E-state index in [2.05, 4.69) is 158 Å². The molecule has 0 nitrogen and oxygen atoms in total. The summed E-state index contributed by atoms with van der Waals surface area (Å²) in [5, 5.41) is 15.8. The number of rotatable bonds is 2. The Morgan fingerprint density at radius 2 is 0.875 bits per heavy atom. The van der Waals surface area contributed by atoms with Crippen LogP contribution in [0.5, 0.6) is 0 Å². The lowest BCUT2D eigenvalue weighted by Crippen LogP contribution is -1.91. The molecule has 11 aromatic rings. The highest BCUT2D eigenvalue weighted by Crippen LogP contribution is 2.47. The van der Waals surface area contributed by atoms with Crippen LogP contribution in [0.2, 0.25) is 0 Å². The quantitative estimate of drug-likeness (QED) is 0.165. The Morgan fingerprint density at radius 3 is 1.67 bits per heavy atom. The molecule has 0 aliphatic heterocycles. The summed E-state index contributed by atoms with van der Waals surface area (Å²) in [6.45, 7) is 0. The lowest BCUT2D eigenvalue weighted by Gasteiger charge is -2.19. The first kappa shape index (κ1) is 26.5. The van der Waals surface area contributed by atoms with Crippen molar-refractivity contribution in [2.75, 3.05) is 0 Å². The summed E-state index contributed by atoms with van der Waals surface area (Å²) in [7, 11) is 0. The average Bonchev–Trinajstić information content (AvgIpc) is 3.70. The smallest absolute Gasteiger partial charge is 0.0361 e. The van der Waals surface area contributed by atoms with Crippen LogP contribution in [0.3, 0.4) is 0 Å². The minimum atomic E-state index is 1.26. The van der Waals surface area contributed by atoms with E-state index in [1.54, 1.807) is 0 Å². The molecule has 48 heavy (non-hydrogen) atoms. The molecule has 0 amide bonds. The van der Waals surface area contributed by atoms with Crippen molar-refractivity contribution in [1.29, 1.82) is 0 Å². The Bertz CT molecular complexity index is 3060. The van der Waals surface area contributed by atoms with Gasteiger partial charge in [0.1, 0.15) is 0 Å². The van der Waals surface area contributed by atoms with Crippen LogP contribution < -0.4 is 0 Å². The Balaban J connectivity index is 1.22. The first-order chi connectivity index (χ1) is 23.8. The van der Waals surface area contributed by atoms with E-state index in [-0.39, 0.29) is 0 Å². The van der Waals surface area contributed by atoms with Gasteiger partial charge in [0.05, 0.1) is 0 Å². The van der Waals surface area contributed by atoms with E-state index in [1.165, 1.54) is 106 Å². The van der Waals surface area contributed by atoms with E-state index in [0.717, 1.165) is 0 Å². The summed E-state index contributed by atoms with van der Waals surface area (Å²) in [4.78, 5) is 0. The van der Waals surface area contributed by atoms with Crippen LogP contribution in [-0.4, -0.2) is 0 Å². The topological polar surface area (TPSA) is 0 Å². The number of hydrogen-bond acceptors (Lipinski definition) is 2. The van der Waals surface area contributed by atoms with Gasteiger partial charge in [0, 0.05) is 40.3 Å². The molecule has 0 aliphatic rings.